The molecule has 0 amide bonds. The maximum atomic E-state index is 7.27. The third-order valence-electron chi connectivity index (χ3n) is 1.61. The molecule has 0 atom stereocenters. The van der Waals surface area contributed by atoms with Gasteiger partial charge in [-0.2, -0.15) is 0 Å². The Balaban J connectivity index is -0.0000000612. The molecule has 0 aromatic heterocycles. The summed E-state index contributed by atoms with van der Waals surface area (Å²) in [6.07, 6.45) is 6.28. The van der Waals surface area contributed by atoms with Gasteiger partial charge in [0.05, 0.1) is 0 Å². The second kappa shape index (κ2) is 13.2. The van der Waals surface area contributed by atoms with E-state index in [2.05, 4.69) is 0 Å². The van der Waals surface area contributed by atoms with Crippen LogP contribution in [0.4, 0.5) is 0 Å². The number of hydrogen-bond acceptors (Lipinski definition) is 0. The first kappa shape index (κ1) is 22.6. The molecule has 1 fully saturated rings. The van der Waals surface area contributed by atoms with Crippen LogP contribution in [-0.2, 0) is 21.1 Å². The van der Waals surface area contributed by atoms with Crippen LogP contribution in [0, 0.1) is 7.43 Å². The van der Waals surface area contributed by atoms with Crippen LogP contribution in [0.2, 0.25) is 0 Å². The topological polar surface area (TPSA) is 88.8 Å². The minimum atomic E-state index is 0. The summed E-state index contributed by atoms with van der Waals surface area (Å²) in [4.78, 5) is 0. The fraction of sp³-hybridized carbons (Fsp3) is 0.857. The van der Waals surface area contributed by atoms with Gasteiger partial charge in [-0.05, 0) is 0 Å². The number of nitrogens with two attached hydrogens (primary N) is 1. The molecule has 0 spiro atoms. The van der Waals surface area contributed by atoms with Crippen LogP contribution < -0.4 is 0 Å². The molecule has 76 valence electrons. The molecule has 1 saturated carbocycles. The predicted molar refractivity (Wildman–Crippen MR) is 46.5 cm³/mol. The number of rotatable bonds is 0. The van der Waals surface area contributed by atoms with E-state index in [9.17, 15) is 0 Å². The van der Waals surface area contributed by atoms with E-state index in [4.69, 9.17) is 5.73 Å². The maximum absolute atomic E-state index is 7.27. The molecule has 11 heavy (non-hydrogen) atoms. The van der Waals surface area contributed by atoms with Crippen molar-refractivity contribution in [2.24, 2.45) is 0 Å². The summed E-state index contributed by atoms with van der Waals surface area (Å²) < 4.78 is 0. The maximum Gasteiger partial charge on any atom is 0 e. The quantitative estimate of drug-likeness (QED) is 0.606. The monoisotopic (exact) mass is 342 g/mol. The standard InChI is InChI=1S/C6H12N.CH3.H2N.H2O.Pt/c7-6-4-2-1-3-5-6;;;;/h6-7H,1-5H2;1H3;2*1H2;/q3*-1;;. The normalized spacial score (nSPS) is 16.1. The Hall–Kier alpha value is 0.568. The largest absolute Gasteiger partial charge is 0.693 e. The number of nitrogens with one attached hydrogen (secondary N) is 1. The third kappa shape index (κ3) is 10.6. The number of hydrogen-bond donors (Lipinski definition) is 0. The Morgan fingerprint density at radius 1 is 1.00 bits per heavy atom. The predicted octanol–water partition coefficient (Wildman–Crippen LogP) is 2.71. The van der Waals surface area contributed by atoms with Gasteiger partial charge in [-0.1, -0.05) is 32.1 Å². The van der Waals surface area contributed by atoms with Crippen molar-refractivity contribution in [2.45, 2.75) is 38.1 Å². The molecule has 4 heteroatoms. The van der Waals surface area contributed by atoms with Gasteiger partial charge in [0.1, 0.15) is 0 Å². The molecular weight excluding hydrogens is 323 g/mol. The molecule has 3 nitrogen and oxygen atoms in total. The van der Waals surface area contributed by atoms with Gasteiger partial charge in [-0.15, -0.1) is 6.04 Å². The van der Waals surface area contributed by atoms with E-state index in [-0.39, 0.29) is 46.2 Å². The zero-order chi connectivity index (χ0) is 5.11. The molecular formula is C7H19N2OPt-3. The van der Waals surface area contributed by atoms with E-state index < -0.39 is 0 Å². The van der Waals surface area contributed by atoms with E-state index in [0.717, 1.165) is 12.8 Å². The van der Waals surface area contributed by atoms with Gasteiger partial charge in [0.2, 0.25) is 0 Å². The van der Waals surface area contributed by atoms with Gasteiger partial charge in [-0.3, -0.25) is 0 Å². The van der Waals surface area contributed by atoms with Crippen LogP contribution in [0.15, 0.2) is 0 Å². The van der Waals surface area contributed by atoms with Gasteiger partial charge >= 0.3 is 0 Å². The van der Waals surface area contributed by atoms with Gasteiger partial charge in [0.25, 0.3) is 0 Å². The van der Waals surface area contributed by atoms with Gasteiger partial charge in [0.15, 0.2) is 0 Å². The molecule has 0 unspecified atom stereocenters. The van der Waals surface area contributed by atoms with Crippen LogP contribution in [0.1, 0.15) is 32.1 Å². The molecule has 1 aliphatic rings. The summed E-state index contributed by atoms with van der Waals surface area (Å²) in [5.74, 6) is 0. The summed E-state index contributed by atoms with van der Waals surface area (Å²) in [6, 6.07) is 0.286. The first-order valence-corrected chi connectivity index (χ1v) is 3.11. The third-order valence-corrected chi connectivity index (χ3v) is 1.61. The summed E-state index contributed by atoms with van der Waals surface area (Å²) >= 11 is 0. The van der Waals surface area contributed by atoms with Crippen LogP contribution in [0.5, 0.6) is 0 Å². The fourth-order valence-electron chi connectivity index (χ4n) is 1.10. The molecule has 0 heterocycles. The minimum absolute atomic E-state index is 0. The van der Waals surface area contributed by atoms with E-state index in [1.165, 1.54) is 19.3 Å². The van der Waals surface area contributed by atoms with Gasteiger partial charge < -0.3 is 24.8 Å². The Morgan fingerprint density at radius 3 is 1.55 bits per heavy atom. The zero-order valence-corrected chi connectivity index (χ0v) is 9.28. The molecule has 0 aliphatic heterocycles. The Kier molecular flexibility index (Phi) is 27.0. The smallest absolute Gasteiger partial charge is 0 e. The second-order valence-corrected chi connectivity index (χ2v) is 2.33. The Morgan fingerprint density at radius 2 is 1.36 bits per heavy atom. The van der Waals surface area contributed by atoms with E-state index in [1.807, 2.05) is 0 Å². The fourth-order valence-corrected chi connectivity index (χ4v) is 1.10. The Bertz CT molecular complexity index is 58.4. The zero-order valence-electron chi connectivity index (χ0n) is 7.01. The van der Waals surface area contributed by atoms with E-state index in [0.29, 0.717) is 0 Å². The summed E-state index contributed by atoms with van der Waals surface area (Å²) in [6.45, 7) is 0. The first-order chi connectivity index (χ1) is 3.39. The van der Waals surface area contributed by atoms with Crippen molar-refractivity contribution in [1.29, 1.82) is 0 Å². The van der Waals surface area contributed by atoms with E-state index in [1.54, 1.807) is 0 Å². The molecule has 0 saturated heterocycles. The Labute approximate surface area is 84.3 Å². The van der Waals surface area contributed by atoms with Crippen molar-refractivity contribution in [3.8, 4) is 0 Å². The molecule has 0 bridgehead atoms. The second-order valence-electron chi connectivity index (χ2n) is 2.33. The summed E-state index contributed by atoms with van der Waals surface area (Å²) in [5, 5.41) is 0. The van der Waals surface area contributed by atoms with Crippen molar-refractivity contribution in [2.75, 3.05) is 0 Å². The van der Waals surface area contributed by atoms with Gasteiger partial charge in [-0.25, -0.2) is 0 Å². The summed E-state index contributed by atoms with van der Waals surface area (Å²) in [5.41, 5.74) is 7.27. The molecule has 0 radical (unpaired) electrons. The van der Waals surface area contributed by atoms with Gasteiger partial charge in [0, 0.05) is 21.1 Å². The van der Waals surface area contributed by atoms with Crippen molar-refractivity contribution < 1.29 is 26.5 Å². The van der Waals surface area contributed by atoms with Crippen molar-refractivity contribution in [3.05, 3.63) is 19.3 Å². The molecule has 0 aromatic rings. The van der Waals surface area contributed by atoms with Crippen molar-refractivity contribution >= 4 is 0 Å². The average Bonchev–Trinajstić information content (AvgIpc) is 1.69. The van der Waals surface area contributed by atoms with Crippen LogP contribution in [0.3, 0.4) is 0 Å². The SMILES string of the molecule is O.[CH3-].[NH-]C1CCCCC1.[NH2-].[Pt]. The van der Waals surface area contributed by atoms with Crippen LogP contribution in [-0.4, -0.2) is 11.5 Å². The average molecular weight is 342 g/mol. The molecule has 1 aliphatic carbocycles. The molecule has 0 aromatic carbocycles. The van der Waals surface area contributed by atoms with Crippen molar-refractivity contribution in [3.63, 3.8) is 0 Å². The van der Waals surface area contributed by atoms with Crippen molar-refractivity contribution in [1.82, 2.24) is 0 Å². The van der Waals surface area contributed by atoms with E-state index >= 15 is 0 Å². The molecule has 1 rings (SSSR count). The molecule has 5 N–H and O–H groups in total. The van der Waals surface area contributed by atoms with Crippen LogP contribution in [0.25, 0.3) is 11.9 Å². The first-order valence-electron chi connectivity index (χ1n) is 3.11. The summed E-state index contributed by atoms with van der Waals surface area (Å²) in [7, 11) is 0. The van der Waals surface area contributed by atoms with Crippen LogP contribution >= 0.6 is 0 Å². The minimum Gasteiger partial charge on any atom is -0.693 e.